The molecule has 0 radical (unpaired) electrons. The van der Waals surface area contributed by atoms with E-state index in [-0.39, 0.29) is 42.8 Å². The van der Waals surface area contributed by atoms with Crippen molar-refractivity contribution in [1.82, 2.24) is 15.2 Å². The van der Waals surface area contributed by atoms with E-state index in [2.05, 4.69) is 10.3 Å². The van der Waals surface area contributed by atoms with Gasteiger partial charge in [0.05, 0.1) is 12.2 Å². The maximum absolute atomic E-state index is 11.9. The van der Waals surface area contributed by atoms with Crippen LogP contribution in [-0.4, -0.2) is 41.5 Å². The largest absolute Gasteiger partial charge is 0.352 e. The van der Waals surface area contributed by atoms with Crippen LogP contribution >= 0.6 is 24.8 Å². The minimum absolute atomic E-state index is 0. The summed E-state index contributed by atoms with van der Waals surface area (Å²) in [5, 5.41) is 3.04. The number of aromatic nitrogens is 1. The third-order valence-corrected chi connectivity index (χ3v) is 3.41. The highest BCUT2D eigenvalue weighted by Gasteiger charge is 2.23. The molecule has 0 unspecified atom stereocenters. The Morgan fingerprint density at radius 3 is 2.76 bits per heavy atom. The molecule has 2 rings (SSSR count). The summed E-state index contributed by atoms with van der Waals surface area (Å²) in [6.45, 7) is 1.07. The molecule has 1 aromatic rings. The molecule has 120 valence electrons. The summed E-state index contributed by atoms with van der Waals surface area (Å²) in [5.41, 5.74) is 6.81. The van der Waals surface area contributed by atoms with E-state index in [4.69, 9.17) is 5.73 Å². The maximum atomic E-state index is 11.9. The fraction of sp³-hybridized carbons (Fsp3) is 0.571. The predicted octanol–water partition coefficient (Wildman–Crippen LogP) is 1.35. The van der Waals surface area contributed by atoms with Gasteiger partial charge in [0.1, 0.15) is 0 Å². The molecule has 1 aromatic heterocycles. The van der Waals surface area contributed by atoms with Crippen molar-refractivity contribution in [1.29, 1.82) is 0 Å². The van der Waals surface area contributed by atoms with Crippen molar-refractivity contribution in [3.05, 3.63) is 30.1 Å². The number of nitrogens with zero attached hydrogens (tertiary/aromatic N) is 2. The molecule has 5 nitrogen and oxygen atoms in total. The van der Waals surface area contributed by atoms with Gasteiger partial charge in [0.15, 0.2) is 0 Å². The fourth-order valence-electron chi connectivity index (χ4n) is 2.49. The number of halogens is 2. The first-order valence-corrected chi connectivity index (χ1v) is 6.77. The maximum Gasteiger partial charge on any atom is 0.234 e. The summed E-state index contributed by atoms with van der Waals surface area (Å²) in [6, 6.07) is 6.31. The Kier molecular flexibility index (Phi) is 9.53. The summed E-state index contributed by atoms with van der Waals surface area (Å²) in [5.74, 6) is 0.0672. The second-order valence-corrected chi connectivity index (χ2v) is 5.33. The van der Waals surface area contributed by atoms with Crippen LogP contribution in [0.4, 0.5) is 0 Å². The molecular formula is C14H24Cl2N4O. The molecule has 1 amide bonds. The number of carbonyl (C=O) groups excluding carboxylic acids is 1. The number of nitrogens with one attached hydrogen (secondary N) is 1. The lowest BCUT2D eigenvalue weighted by molar-refractivity contribution is -0.122. The van der Waals surface area contributed by atoms with Crippen molar-refractivity contribution >= 4 is 30.7 Å². The molecule has 1 fully saturated rings. The number of rotatable bonds is 5. The minimum atomic E-state index is 0. The smallest absolute Gasteiger partial charge is 0.234 e. The number of hydrogen-bond donors (Lipinski definition) is 2. The Bertz CT molecular complexity index is 419. The van der Waals surface area contributed by atoms with Crippen molar-refractivity contribution in [2.75, 3.05) is 13.6 Å². The van der Waals surface area contributed by atoms with Crippen LogP contribution in [-0.2, 0) is 11.3 Å². The molecule has 1 aliphatic carbocycles. The van der Waals surface area contributed by atoms with Gasteiger partial charge in [-0.2, -0.15) is 0 Å². The molecule has 1 aliphatic rings. The van der Waals surface area contributed by atoms with Crippen LogP contribution in [0.3, 0.4) is 0 Å². The first kappa shape index (κ1) is 20.1. The highest BCUT2D eigenvalue weighted by atomic mass is 35.5. The Labute approximate surface area is 138 Å². The van der Waals surface area contributed by atoms with Crippen molar-refractivity contribution in [2.45, 2.75) is 37.9 Å². The molecule has 0 aliphatic heterocycles. The van der Waals surface area contributed by atoms with Gasteiger partial charge < -0.3 is 11.1 Å². The van der Waals surface area contributed by atoms with E-state index in [1.54, 1.807) is 6.20 Å². The summed E-state index contributed by atoms with van der Waals surface area (Å²) in [6.07, 6.45) is 4.67. The van der Waals surface area contributed by atoms with Gasteiger partial charge in [0, 0.05) is 24.8 Å². The van der Waals surface area contributed by atoms with Crippen LogP contribution in [0.5, 0.6) is 0 Å². The fourth-order valence-corrected chi connectivity index (χ4v) is 2.49. The lowest BCUT2D eigenvalue weighted by Crippen LogP contribution is -2.40. The van der Waals surface area contributed by atoms with Gasteiger partial charge in [0.2, 0.25) is 5.91 Å². The topological polar surface area (TPSA) is 71.2 Å². The lowest BCUT2D eigenvalue weighted by Gasteiger charge is -2.18. The van der Waals surface area contributed by atoms with Crippen LogP contribution in [0.1, 0.15) is 25.0 Å². The molecular weight excluding hydrogens is 311 g/mol. The molecule has 0 bridgehead atoms. The molecule has 0 saturated heterocycles. The number of nitrogens with two attached hydrogens (primary N) is 1. The number of hydrogen-bond acceptors (Lipinski definition) is 4. The van der Waals surface area contributed by atoms with Gasteiger partial charge in [-0.15, -0.1) is 24.8 Å². The van der Waals surface area contributed by atoms with Crippen LogP contribution in [0.15, 0.2) is 24.4 Å². The molecule has 2 atom stereocenters. The molecule has 21 heavy (non-hydrogen) atoms. The van der Waals surface area contributed by atoms with Crippen molar-refractivity contribution in [3.63, 3.8) is 0 Å². The quantitative estimate of drug-likeness (QED) is 0.852. The standard InChI is InChI=1S/C14H22N4O.2ClH/c1-18(9-13-4-2-3-7-16-13)10-14(19)17-12-6-5-11(15)8-12;;/h2-4,7,11-12H,5-6,8-10,15H2,1H3,(H,17,19);2*1H/t11-,12-;;/m1../s1. The van der Waals surface area contributed by atoms with Gasteiger partial charge in [0.25, 0.3) is 0 Å². The van der Waals surface area contributed by atoms with Gasteiger partial charge in [-0.1, -0.05) is 6.07 Å². The highest BCUT2D eigenvalue weighted by Crippen LogP contribution is 2.16. The van der Waals surface area contributed by atoms with Gasteiger partial charge in [-0.25, -0.2) is 0 Å². The number of amides is 1. The van der Waals surface area contributed by atoms with Crippen molar-refractivity contribution in [2.24, 2.45) is 5.73 Å². The van der Waals surface area contributed by atoms with E-state index < -0.39 is 0 Å². The summed E-state index contributed by atoms with van der Waals surface area (Å²) in [4.78, 5) is 18.1. The lowest BCUT2D eigenvalue weighted by atomic mass is 10.2. The van der Waals surface area contributed by atoms with Gasteiger partial charge in [-0.05, 0) is 38.4 Å². The van der Waals surface area contributed by atoms with Crippen LogP contribution in [0.25, 0.3) is 0 Å². The zero-order valence-electron chi connectivity index (χ0n) is 12.2. The molecule has 0 spiro atoms. The molecule has 3 N–H and O–H groups in total. The number of pyridine rings is 1. The second-order valence-electron chi connectivity index (χ2n) is 5.33. The van der Waals surface area contributed by atoms with Gasteiger partial charge >= 0.3 is 0 Å². The van der Waals surface area contributed by atoms with E-state index in [0.29, 0.717) is 13.1 Å². The SMILES string of the molecule is CN(CC(=O)N[C@@H]1CC[C@@H](N)C1)Cc1ccccn1.Cl.Cl. The zero-order chi connectivity index (χ0) is 13.7. The van der Waals surface area contributed by atoms with Crippen LogP contribution in [0.2, 0.25) is 0 Å². The average Bonchev–Trinajstić information content (AvgIpc) is 2.75. The van der Waals surface area contributed by atoms with E-state index >= 15 is 0 Å². The Morgan fingerprint density at radius 2 is 2.19 bits per heavy atom. The zero-order valence-corrected chi connectivity index (χ0v) is 13.8. The third-order valence-electron chi connectivity index (χ3n) is 3.41. The molecule has 1 heterocycles. The Balaban J connectivity index is 0.00000200. The van der Waals surface area contributed by atoms with E-state index in [0.717, 1.165) is 25.0 Å². The van der Waals surface area contributed by atoms with E-state index in [1.165, 1.54) is 0 Å². The summed E-state index contributed by atoms with van der Waals surface area (Å²) in [7, 11) is 1.93. The number of likely N-dealkylation sites (N-methyl/N-ethyl adjacent to an activating group) is 1. The first-order valence-electron chi connectivity index (χ1n) is 6.77. The van der Waals surface area contributed by atoms with Crippen LogP contribution < -0.4 is 11.1 Å². The monoisotopic (exact) mass is 334 g/mol. The molecule has 0 aromatic carbocycles. The summed E-state index contributed by atoms with van der Waals surface area (Å²) < 4.78 is 0. The second kappa shape index (κ2) is 9.95. The summed E-state index contributed by atoms with van der Waals surface area (Å²) >= 11 is 0. The highest BCUT2D eigenvalue weighted by molar-refractivity contribution is 5.85. The van der Waals surface area contributed by atoms with Crippen molar-refractivity contribution < 1.29 is 4.79 Å². The minimum Gasteiger partial charge on any atom is -0.352 e. The van der Waals surface area contributed by atoms with E-state index in [9.17, 15) is 4.79 Å². The van der Waals surface area contributed by atoms with Crippen LogP contribution in [0, 0.1) is 0 Å². The van der Waals surface area contributed by atoms with E-state index in [1.807, 2.05) is 30.1 Å². The normalized spacial score (nSPS) is 20.5. The number of carbonyl (C=O) groups is 1. The molecule has 7 heteroatoms. The van der Waals surface area contributed by atoms with Crippen molar-refractivity contribution in [3.8, 4) is 0 Å². The third kappa shape index (κ3) is 7.09. The Hall–Kier alpha value is -0.880. The first-order chi connectivity index (χ1) is 9.13. The Morgan fingerprint density at radius 1 is 1.43 bits per heavy atom. The average molecular weight is 335 g/mol. The van der Waals surface area contributed by atoms with Gasteiger partial charge in [-0.3, -0.25) is 14.7 Å². The predicted molar refractivity (Wildman–Crippen MR) is 88.8 cm³/mol. The molecule has 1 saturated carbocycles.